The lowest BCUT2D eigenvalue weighted by molar-refractivity contribution is 0.442. The summed E-state index contributed by atoms with van der Waals surface area (Å²) in [5.41, 5.74) is 4.06. The number of alkyl halides is 1. The smallest absolute Gasteiger partial charge is 0.107 e. The molecule has 0 aliphatic heterocycles. The zero-order valence-electron chi connectivity index (χ0n) is 9.38. The van der Waals surface area contributed by atoms with E-state index in [2.05, 4.69) is 22.8 Å². The molecule has 0 amide bonds. The van der Waals surface area contributed by atoms with Crippen LogP contribution in [0.4, 0.5) is 4.39 Å². The van der Waals surface area contributed by atoms with Crippen LogP contribution in [0.1, 0.15) is 24.1 Å². The number of halogens is 1. The summed E-state index contributed by atoms with van der Waals surface area (Å²) in [7, 11) is 0. The van der Waals surface area contributed by atoms with E-state index in [4.69, 9.17) is 0 Å². The number of aromatic nitrogens is 1. The minimum atomic E-state index is -0.273. The van der Waals surface area contributed by atoms with Crippen molar-refractivity contribution in [2.24, 2.45) is 0 Å². The Labute approximate surface area is 94.9 Å². The topological polar surface area (TPSA) is 4.93 Å². The van der Waals surface area contributed by atoms with E-state index in [0.717, 1.165) is 12.8 Å². The lowest BCUT2D eigenvalue weighted by Crippen LogP contribution is -2.09. The Morgan fingerprint density at radius 2 is 1.94 bits per heavy atom. The fourth-order valence-corrected chi connectivity index (χ4v) is 2.93. The van der Waals surface area contributed by atoms with Crippen LogP contribution in [0, 0.1) is 0 Å². The molecule has 16 heavy (non-hydrogen) atoms. The molecular weight excluding hydrogens is 201 g/mol. The third-order valence-corrected chi connectivity index (χ3v) is 3.59. The van der Waals surface area contributed by atoms with Crippen molar-refractivity contribution in [3.8, 4) is 0 Å². The van der Waals surface area contributed by atoms with Crippen LogP contribution in [-0.4, -0.2) is 11.2 Å². The summed E-state index contributed by atoms with van der Waals surface area (Å²) in [5.74, 6) is 0. The van der Waals surface area contributed by atoms with Gasteiger partial charge in [0.1, 0.15) is 6.67 Å². The molecule has 0 radical (unpaired) electrons. The molecule has 0 saturated heterocycles. The molecule has 1 aliphatic carbocycles. The van der Waals surface area contributed by atoms with Crippen molar-refractivity contribution in [3.05, 3.63) is 35.5 Å². The third-order valence-electron chi connectivity index (χ3n) is 3.59. The maximum Gasteiger partial charge on any atom is 0.107 e. The van der Waals surface area contributed by atoms with Gasteiger partial charge in [0, 0.05) is 16.6 Å². The molecule has 0 unspecified atom stereocenters. The number of benzene rings is 1. The molecule has 0 N–H and O–H groups in total. The van der Waals surface area contributed by atoms with Gasteiger partial charge in [-0.15, -0.1) is 0 Å². The lowest BCUT2D eigenvalue weighted by atomic mass is 9.96. The zero-order valence-corrected chi connectivity index (χ0v) is 9.38. The van der Waals surface area contributed by atoms with Crippen molar-refractivity contribution in [2.75, 3.05) is 6.67 Å². The SMILES string of the molecule is FCCn1c2c(c3ccccc31)CCCC2. The first-order chi connectivity index (χ1) is 7.92. The van der Waals surface area contributed by atoms with E-state index in [9.17, 15) is 4.39 Å². The minimum Gasteiger partial charge on any atom is -0.342 e. The Hall–Kier alpha value is -1.31. The number of hydrogen-bond acceptors (Lipinski definition) is 0. The highest BCUT2D eigenvalue weighted by Crippen LogP contribution is 2.31. The van der Waals surface area contributed by atoms with Crippen LogP contribution in [0.2, 0.25) is 0 Å². The van der Waals surface area contributed by atoms with Gasteiger partial charge >= 0.3 is 0 Å². The van der Waals surface area contributed by atoms with Gasteiger partial charge in [-0.25, -0.2) is 4.39 Å². The largest absolute Gasteiger partial charge is 0.342 e. The summed E-state index contributed by atoms with van der Waals surface area (Å²) < 4.78 is 14.8. The molecule has 1 nitrogen and oxygen atoms in total. The van der Waals surface area contributed by atoms with Gasteiger partial charge in [-0.05, 0) is 37.3 Å². The highest BCUT2D eigenvalue weighted by molar-refractivity contribution is 5.85. The quantitative estimate of drug-likeness (QED) is 0.725. The molecule has 0 fully saturated rings. The number of para-hydroxylation sites is 1. The summed E-state index contributed by atoms with van der Waals surface area (Å²) in [5, 5.41) is 1.34. The van der Waals surface area contributed by atoms with Crippen LogP contribution in [0.15, 0.2) is 24.3 Å². The monoisotopic (exact) mass is 217 g/mol. The van der Waals surface area contributed by atoms with E-state index in [-0.39, 0.29) is 6.67 Å². The fraction of sp³-hybridized carbons (Fsp3) is 0.429. The maximum absolute atomic E-state index is 12.6. The van der Waals surface area contributed by atoms with Crippen molar-refractivity contribution in [3.63, 3.8) is 0 Å². The van der Waals surface area contributed by atoms with E-state index >= 15 is 0 Å². The summed E-state index contributed by atoms with van der Waals surface area (Å²) in [4.78, 5) is 0. The molecular formula is C14H16FN. The van der Waals surface area contributed by atoms with Gasteiger partial charge in [0.15, 0.2) is 0 Å². The van der Waals surface area contributed by atoms with Gasteiger partial charge in [-0.3, -0.25) is 0 Å². The molecule has 3 rings (SSSR count). The van der Waals surface area contributed by atoms with Crippen LogP contribution < -0.4 is 0 Å². The molecule has 0 bridgehead atoms. The van der Waals surface area contributed by atoms with Crippen molar-refractivity contribution in [1.82, 2.24) is 4.57 Å². The molecule has 84 valence electrons. The van der Waals surface area contributed by atoms with E-state index in [0.29, 0.717) is 6.54 Å². The molecule has 1 aromatic carbocycles. The lowest BCUT2D eigenvalue weighted by Gasteiger charge is -2.14. The van der Waals surface area contributed by atoms with Gasteiger partial charge < -0.3 is 4.57 Å². The fourth-order valence-electron chi connectivity index (χ4n) is 2.93. The second-order valence-corrected chi connectivity index (χ2v) is 4.49. The number of aryl methyl sites for hydroxylation is 2. The number of fused-ring (bicyclic) bond motifs is 3. The molecule has 2 aromatic rings. The number of hydrogen-bond donors (Lipinski definition) is 0. The first-order valence-electron chi connectivity index (χ1n) is 6.07. The number of rotatable bonds is 2. The van der Waals surface area contributed by atoms with Gasteiger partial charge in [-0.2, -0.15) is 0 Å². The molecule has 1 aromatic heterocycles. The number of nitrogens with zero attached hydrogens (tertiary/aromatic N) is 1. The van der Waals surface area contributed by atoms with Gasteiger partial charge in [0.2, 0.25) is 0 Å². The standard InChI is InChI=1S/C14H16FN/c15-9-10-16-13-7-3-1-5-11(13)12-6-2-4-8-14(12)16/h1,3,5,7H,2,4,6,8-10H2. The predicted molar refractivity (Wildman–Crippen MR) is 64.6 cm³/mol. The van der Waals surface area contributed by atoms with Crippen molar-refractivity contribution in [1.29, 1.82) is 0 Å². The predicted octanol–water partition coefficient (Wildman–Crippen LogP) is 3.49. The molecule has 1 aliphatic rings. The van der Waals surface area contributed by atoms with Crippen molar-refractivity contribution >= 4 is 10.9 Å². The van der Waals surface area contributed by atoms with Crippen LogP contribution in [0.3, 0.4) is 0 Å². The second kappa shape index (κ2) is 3.93. The summed E-state index contributed by atoms with van der Waals surface area (Å²) in [6.07, 6.45) is 4.80. The summed E-state index contributed by atoms with van der Waals surface area (Å²) >= 11 is 0. The Morgan fingerprint density at radius 1 is 1.12 bits per heavy atom. The molecule has 0 atom stereocenters. The molecule has 0 spiro atoms. The first kappa shape index (κ1) is 9.88. The van der Waals surface area contributed by atoms with E-state index in [1.807, 2.05) is 6.07 Å². The van der Waals surface area contributed by atoms with Crippen molar-refractivity contribution in [2.45, 2.75) is 32.2 Å². The highest BCUT2D eigenvalue weighted by atomic mass is 19.1. The van der Waals surface area contributed by atoms with E-state index in [1.165, 1.54) is 35.0 Å². The van der Waals surface area contributed by atoms with E-state index in [1.54, 1.807) is 0 Å². The average molecular weight is 217 g/mol. The van der Waals surface area contributed by atoms with E-state index < -0.39 is 0 Å². The molecule has 0 saturated carbocycles. The molecule has 1 heterocycles. The summed E-state index contributed by atoms with van der Waals surface area (Å²) in [6, 6.07) is 8.41. The Bertz CT molecular complexity index is 513. The third kappa shape index (κ3) is 1.36. The highest BCUT2D eigenvalue weighted by Gasteiger charge is 2.18. The summed E-state index contributed by atoms with van der Waals surface area (Å²) in [6.45, 7) is 0.237. The van der Waals surface area contributed by atoms with Crippen LogP contribution in [0.25, 0.3) is 10.9 Å². The van der Waals surface area contributed by atoms with Gasteiger partial charge in [0.05, 0.1) is 6.54 Å². The molecule has 2 heteroatoms. The normalized spacial score (nSPS) is 15.3. The minimum absolute atomic E-state index is 0.273. The van der Waals surface area contributed by atoms with Crippen LogP contribution in [0.5, 0.6) is 0 Å². The Kier molecular flexibility index (Phi) is 2.43. The van der Waals surface area contributed by atoms with Crippen LogP contribution >= 0.6 is 0 Å². The Balaban J connectivity index is 2.28. The second-order valence-electron chi connectivity index (χ2n) is 4.49. The van der Waals surface area contributed by atoms with Gasteiger partial charge in [0.25, 0.3) is 0 Å². The Morgan fingerprint density at radius 3 is 2.81 bits per heavy atom. The average Bonchev–Trinajstić information content (AvgIpc) is 2.66. The van der Waals surface area contributed by atoms with Gasteiger partial charge in [-0.1, -0.05) is 18.2 Å². The van der Waals surface area contributed by atoms with Crippen LogP contribution in [-0.2, 0) is 19.4 Å². The first-order valence-corrected chi connectivity index (χ1v) is 6.07. The van der Waals surface area contributed by atoms with Crippen molar-refractivity contribution < 1.29 is 4.39 Å². The maximum atomic E-state index is 12.6. The zero-order chi connectivity index (χ0) is 11.0.